The van der Waals surface area contributed by atoms with Crippen LogP contribution in [0.15, 0.2) is 0 Å². The summed E-state index contributed by atoms with van der Waals surface area (Å²) in [4.78, 5) is 10.1. The van der Waals surface area contributed by atoms with E-state index < -0.39 is 5.97 Å². The van der Waals surface area contributed by atoms with Crippen molar-refractivity contribution in [3.63, 3.8) is 0 Å². The first-order valence-corrected chi connectivity index (χ1v) is 16.5. The van der Waals surface area contributed by atoms with E-state index in [0.29, 0.717) is 6.42 Å². The zero-order valence-corrected chi connectivity index (χ0v) is 24.2. The lowest BCUT2D eigenvalue weighted by Crippen LogP contribution is -1.93. The van der Waals surface area contributed by atoms with Gasteiger partial charge >= 0.3 is 5.97 Å². The molecule has 0 heterocycles. The van der Waals surface area contributed by atoms with Crippen molar-refractivity contribution in [2.24, 2.45) is 0 Å². The molecule has 3 heteroatoms. The molecule has 2 nitrogen and oxygen atoms in total. The molecule has 200 valence electrons. The second kappa shape index (κ2) is 34.1. The van der Waals surface area contributed by atoms with Crippen LogP contribution in [0.25, 0.3) is 0 Å². The SMILES string of the molecule is CCCCCCCCCC(=O)O.CCCCCCCCCCCCCCPCCCCCC. The third-order valence-corrected chi connectivity index (χ3v) is 7.82. The molecule has 0 amide bonds. The third-order valence-electron chi connectivity index (χ3n) is 6.41. The summed E-state index contributed by atoms with van der Waals surface area (Å²) < 4.78 is 0. The highest BCUT2D eigenvalue weighted by atomic mass is 31.1. The summed E-state index contributed by atoms with van der Waals surface area (Å²) in [5.41, 5.74) is 0. The molecule has 0 aromatic rings. The maximum Gasteiger partial charge on any atom is 0.303 e. The zero-order valence-electron chi connectivity index (χ0n) is 23.2. The Hall–Kier alpha value is -0.100. The molecule has 33 heavy (non-hydrogen) atoms. The Morgan fingerprint density at radius 1 is 0.455 bits per heavy atom. The number of rotatable bonds is 26. The van der Waals surface area contributed by atoms with Crippen LogP contribution in [0.1, 0.15) is 175 Å². The Kier molecular flexibility index (Phi) is 36.2. The van der Waals surface area contributed by atoms with Gasteiger partial charge in [-0.05, 0) is 31.6 Å². The van der Waals surface area contributed by atoms with E-state index >= 15 is 0 Å². The molecule has 0 rings (SSSR count). The van der Waals surface area contributed by atoms with Crippen LogP contribution in [0.5, 0.6) is 0 Å². The van der Waals surface area contributed by atoms with Crippen LogP contribution < -0.4 is 0 Å². The topological polar surface area (TPSA) is 37.3 Å². The number of carboxylic acids is 1. The molecule has 1 atom stereocenters. The summed E-state index contributed by atoms with van der Waals surface area (Å²) >= 11 is 0. The average molecular weight is 487 g/mol. The molecule has 0 radical (unpaired) electrons. The standard InChI is InChI=1S/C20H43P.C10H20O2/c1-3-5-7-9-10-11-12-13-14-15-16-18-20-21-19-17-8-6-4-2;1-2-3-4-5-6-7-8-9-10(11)12/h21H,3-20H2,1-2H3;2-9H2,1H3,(H,11,12). The van der Waals surface area contributed by atoms with E-state index in [-0.39, 0.29) is 0 Å². The molecule has 1 unspecified atom stereocenters. The van der Waals surface area contributed by atoms with Crippen molar-refractivity contribution in [3.8, 4) is 0 Å². The van der Waals surface area contributed by atoms with Crippen molar-refractivity contribution in [3.05, 3.63) is 0 Å². The summed E-state index contributed by atoms with van der Waals surface area (Å²) in [6, 6.07) is 0. The van der Waals surface area contributed by atoms with Crippen molar-refractivity contribution in [1.29, 1.82) is 0 Å². The first kappa shape index (κ1) is 35.1. The maximum absolute atomic E-state index is 10.1. The monoisotopic (exact) mass is 486 g/mol. The van der Waals surface area contributed by atoms with E-state index in [2.05, 4.69) is 20.8 Å². The van der Waals surface area contributed by atoms with Crippen molar-refractivity contribution in [2.75, 3.05) is 12.3 Å². The van der Waals surface area contributed by atoms with Crippen molar-refractivity contribution >= 4 is 14.6 Å². The molecule has 0 bridgehead atoms. The molecule has 0 aliphatic carbocycles. The van der Waals surface area contributed by atoms with Gasteiger partial charge in [-0.15, -0.1) is 8.58 Å². The van der Waals surface area contributed by atoms with E-state index in [1.165, 1.54) is 156 Å². The third kappa shape index (κ3) is 39.4. The lowest BCUT2D eigenvalue weighted by Gasteiger charge is -2.03. The zero-order chi connectivity index (χ0) is 24.7. The van der Waals surface area contributed by atoms with Crippen LogP contribution in [0.3, 0.4) is 0 Å². The van der Waals surface area contributed by atoms with Crippen molar-refractivity contribution in [1.82, 2.24) is 0 Å². The highest BCUT2D eigenvalue weighted by molar-refractivity contribution is 7.37. The van der Waals surface area contributed by atoms with E-state index in [9.17, 15) is 4.79 Å². The predicted octanol–water partition coefficient (Wildman–Crippen LogP) is 11.2. The number of carboxylic acid groups (broad SMARTS) is 1. The predicted molar refractivity (Wildman–Crippen MR) is 154 cm³/mol. The quantitative estimate of drug-likeness (QED) is 0.0974. The number of hydrogen-bond donors (Lipinski definition) is 1. The van der Waals surface area contributed by atoms with Crippen molar-refractivity contribution in [2.45, 2.75) is 175 Å². The molecule has 0 aromatic carbocycles. The largest absolute Gasteiger partial charge is 0.481 e. The number of aliphatic carboxylic acids is 1. The second-order valence-electron chi connectivity index (χ2n) is 9.96. The minimum Gasteiger partial charge on any atom is -0.481 e. The van der Waals surface area contributed by atoms with Gasteiger partial charge in [0, 0.05) is 6.42 Å². The maximum atomic E-state index is 10.1. The molecule has 0 aliphatic rings. The van der Waals surface area contributed by atoms with Gasteiger partial charge in [-0.2, -0.15) is 0 Å². The van der Waals surface area contributed by atoms with E-state index in [1.807, 2.05) is 0 Å². The summed E-state index contributed by atoms with van der Waals surface area (Å²) in [6.45, 7) is 6.80. The van der Waals surface area contributed by atoms with Crippen LogP contribution in [-0.2, 0) is 4.79 Å². The Bertz CT molecular complexity index is 328. The smallest absolute Gasteiger partial charge is 0.303 e. The summed E-state index contributed by atoms with van der Waals surface area (Å²) in [7, 11) is 1.26. The highest BCUT2D eigenvalue weighted by Crippen LogP contribution is 2.18. The Morgan fingerprint density at radius 3 is 1.06 bits per heavy atom. The van der Waals surface area contributed by atoms with Crippen LogP contribution in [0, 0.1) is 0 Å². The number of unbranched alkanes of at least 4 members (excludes halogenated alkanes) is 20. The van der Waals surface area contributed by atoms with Crippen molar-refractivity contribution < 1.29 is 9.90 Å². The van der Waals surface area contributed by atoms with E-state index in [1.54, 1.807) is 0 Å². The minimum atomic E-state index is -0.663. The molecule has 0 saturated heterocycles. The number of hydrogen-bond acceptors (Lipinski definition) is 1. The Balaban J connectivity index is 0. The van der Waals surface area contributed by atoms with Crippen LogP contribution in [0.4, 0.5) is 0 Å². The first-order valence-electron chi connectivity index (χ1n) is 15.1. The molecule has 0 saturated carbocycles. The number of carbonyl (C=O) groups is 1. The van der Waals surface area contributed by atoms with Crippen LogP contribution in [0.2, 0.25) is 0 Å². The average Bonchev–Trinajstić information content (AvgIpc) is 2.81. The van der Waals surface area contributed by atoms with Gasteiger partial charge in [0.05, 0.1) is 0 Å². The van der Waals surface area contributed by atoms with E-state index in [0.717, 1.165) is 12.8 Å². The minimum absolute atomic E-state index is 0.341. The first-order chi connectivity index (χ1) is 16.2. The molecule has 0 aliphatic heterocycles. The summed E-state index contributed by atoms with van der Waals surface area (Å²) in [6.07, 6.45) is 35.2. The van der Waals surface area contributed by atoms with Gasteiger partial charge in [-0.1, -0.05) is 149 Å². The van der Waals surface area contributed by atoms with Gasteiger partial charge in [0.2, 0.25) is 0 Å². The molecule has 0 aromatic heterocycles. The lowest BCUT2D eigenvalue weighted by molar-refractivity contribution is -0.137. The summed E-state index contributed by atoms with van der Waals surface area (Å²) in [5.74, 6) is -0.663. The Morgan fingerprint density at radius 2 is 0.727 bits per heavy atom. The fraction of sp³-hybridized carbons (Fsp3) is 0.967. The fourth-order valence-corrected chi connectivity index (χ4v) is 5.38. The molecule has 1 N–H and O–H groups in total. The van der Waals surface area contributed by atoms with Gasteiger partial charge in [-0.25, -0.2) is 0 Å². The van der Waals surface area contributed by atoms with Gasteiger partial charge in [0.25, 0.3) is 0 Å². The second-order valence-corrected chi connectivity index (χ2v) is 11.5. The Labute approximate surface area is 211 Å². The molecule has 0 spiro atoms. The lowest BCUT2D eigenvalue weighted by atomic mass is 10.1. The molecular formula is C30H63O2P. The highest BCUT2D eigenvalue weighted by Gasteiger charge is 1.96. The van der Waals surface area contributed by atoms with Crippen LogP contribution >= 0.6 is 8.58 Å². The van der Waals surface area contributed by atoms with Gasteiger partial charge < -0.3 is 5.11 Å². The normalized spacial score (nSPS) is 11.1. The fourth-order valence-electron chi connectivity index (χ4n) is 4.13. The van der Waals surface area contributed by atoms with E-state index in [4.69, 9.17) is 5.11 Å². The molecular weight excluding hydrogens is 423 g/mol. The molecule has 0 fully saturated rings. The van der Waals surface area contributed by atoms with Gasteiger partial charge in [0.15, 0.2) is 0 Å². The van der Waals surface area contributed by atoms with Crippen LogP contribution in [-0.4, -0.2) is 23.4 Å². The summed E-state index contributed by atoms with van der Waals surface area (Å²) in [5, 5.41) is 8.35. The van der Waals surface area contributed by atoms with Gasteiger partial charge in [-0.3, -0.25) is 4.79 Å². The van der Waals surface area contributed by atoms with Gasteiger partial charge in [0.1, 0.15) is 0 Å².